The average molecular weight is 441 g/mol. The summed E-state index contributed by atoms with van der Waals surface area (Å²) >= 11 is 0. The normalized spacial score (nSPS) is 17.1. The lowest BCUT2D eigenvalue weighted by Gasteiger charge is -2.62. The van der Waals surface area contributed by atoms with Crippen molar-refractivity contribution in [3.63, 3.8) is 0 Å². The number of likely N-dealkylation sites (tertiary alicyclic amines) is 1. The monoisotopic (exact) mass is 441 g/mol. The van der Waals surface area contributed by atoms with Crippen LogP contribution in [-0.2, 0) is 11.0 Å². The molecule has 0 unspecified atom stereocenters. The number of hydrogen-bond acceptors (Lipinski definition) is 7. The number of rotatable bonds is 4. The Morgan fingerprint density at radius 2 is 1.97 bits per heavy atom. The van der Waals surface area contributed by atoms with Crippen molar-refractivity contribution in [2.75, 3.05) is 29.9 Å². The molecule has 8 nitrogen and oxygen atoms in total. The van der Waals surface area contributed by atoms with E-state index in [4.69, 9.17) is 0 Å². The van der Waals surface area contributed by atoms with E-state index in [1.54, 1.807) is 0 Å². The third-order valence-corrected chi connectivity index (χ3v) is 5.89. The van der Waals surface area contributed by atoms with Crippen LogP contribution in [0, 0.1) is 0 Å². The van der Waals surface area contributed by atoms with Gasteiger partial charge in [-0.3, -0.25) is 4.79 Å². The number of fused-ring (bicyclic) bond motifs is 1. The molecule has 11 heteroatoms. The topological polar surface area (TPSA) is 87.1 Å². The van der Waals surface area contributed by atoms with Gasteiger partial charge < -0.3 is 15.1 Å². The number of aromatic nitrogens is 4. The maximum absolute atomic E-state index is 12.7. The number of carbonyl (C=O) groups excluding carboxylic acids is 1. The Morgan fingerprint density at radius 1 is 1.16 bits per heavy atom. The molecule has 2 aliphatic rings. The molecule has 0 aromatic carbocycles. The Morgan fingerprint density at radius 3 is 2.59 bits per heavy atom. The van der Waals surface area contributed by atoms with E-state index in [2.05, 4.69) is 36.7 Å². The summed E-state index contributed by atoms with van der Waals surface area (Å²) in [5, 5.41) is 2.97. The van der Waals surface area contributed by atoms with Gasteiger partial charge in [-0.25, -0.2) is 19.9 Å². The van der Waals surface area contributed by atoms with Crippen molar-refractivity contribution in [1.29, 1.82) is 0 Å². The van der Waals surface area contributed by atoms with Crippen LogP contribution >= 0.6 is 0 Å². The number of alkyl halides is 3. The van der Waals surface area contributed by atoms with Gasteiger partial charge in [0.25, 0.3) is 0 Å². The first-order chi connectivity index (χ1) is 15.3. The summed E-state index contributed by atoms with van der Waals surface area (Å²) in [6.45, 7) is 5.63. The molecule has 5 heterocycles. The van der Waals surface area contributed by atoms with Crippen LogP contribution in [0.3, 0.4) is 0 Å². The van der Waals surface area contributed by atoms with Gasteiger partial charge in [0.1, 0.15) is 23.4 Å². The lowest BCUT2D eigenvalue weighted by molar-refractivity contribution is -0.144. The predicted octanol–water partition coefficient (Wildman–Crippen LogP) is 3.16. The molecule has 5 rings (SSSR count). The smallest absolute Gasteiger partial charge is 0.352 e. The van der Waals surface area contributed by atoms with E-state index < -0.39 is 11.9 Å². The van der Waals surface area contributed by atoms with Gasteiger partial charge in [0.05, 0.1) is 22.9 Å². The molecule has 2 fully saturated rings. The number of nitrogens with zero attached hydrogens (tertiary/aromatic N) is 6. The molecular formula is C21H18F3N7O. The Labute approximate surface area is 180 Å². The Kier molecular flexibility index (Phi) is 4.50. The molecule has 164 valence electrons. The fourth-order valence-corrected chi connectivity index (χ4v) is 4.12. The Bertz CT molecular complexity index is 1210. The van der Waals surface area contributed by atoms with Gasteiger partial charge in [-0.2, -0.15) is 13.2 Å². The highest BCUT2D eigenvalue weighted by atomic mass is 19.4. The second-order valence-corrected chi connectivity index (χ2v) is 7.84. The van der Waals surface area contributed by atoms with Gasteiger partial charge in [0.2, 0.25) is 5.91 Å². The summed E-state index contributed by atoms with van der Waals surface area (Å²) in [5.41, 5.74) is 0.290. The summed E-state index contributed by atoms with van der Waals surface area (Å²) in [6.07, 6.45) is 0.227. The number of pyridine rings is 2. The van der Waals surface area contributed by atoms with E-state index in [0.717, 1.165) is 25.2 Å². The lowest BCUT2D eigenvalue weighted by Crippen LogP contribution is -2.78. The zero-order valence-electron chi connectivity index (χ0n) is 16.8. The third kappa shape index (κ3) is 3.29. The number of amides is 1. The van der Waals surface area contributed by atoms with Gasteiger partial charge in [-0.1, -0.05) is 6.58 Å². The van der Waals surface area contributed by atoms with Crippen LogP contribution < -0.4 is 10.2 Å². The molecule has 0 bridgehead atoms. The van der Waals surface area contributed by atoms with Crippen LogP contribution in [0.1, 0.15) is 12.1 Å². The molecule has 1 N–H and O–H groups in total. The standard InChI is InChI=1S/C21H18F3N7O/c1-2-17(32)31-8-7-20(31)10-30(11-20)16-6-4-14-18(29-16)19(27-12-26-14)28-13-3-5-15(25-9-13)21(22,23)24/h2-6,9,12H,1,7-8,10-11H2,(H,26,27,28). The summed E-state index contributed by atoms with van der Waals surface area (Å²) in [5.74, 6) is 1.01. The van der Waals surface area contributed by atoms with Crippen LogP contribution in [0.5, 0.6) is 0 Å². The highest BCUT2D eigenvalue weighted by molar-refractivity contribution is 5.90. The summed E-state index contributed by atoms with van der Waals surface area (Å²) in [7, 11) is 0. The van der Waals surface area contributed by atoms with Crippen molar-refractivity contribution < 1.29 is 18.0 Å². The van der Waals surface area contributed by atoms with E-state index in [1.807, 2.05) is 17.0 Å². The number of carbonyl (C=O) groups is 1. The zero-order valence-corrected chi connectivity index (χ0v) is 16.8. The van der Waals surface area contributed by atoms with Crippen molar-refractivity contribution in [1.82, 2.24) is 24.8 Å². The molecule has 0 atom stereocenters. The van der Waals surface area contributed by atoms with Gasteiger partial charge >= 0.3 is 6.18 Å². The molecular weight excluding hydrogens is 423 g/mol. The minimum Gasteiger partial charge on any atom is -0.352 e. The Hall–Kier alpha value is -3.76. The second-order valence-electron chi connectivity index (χ2n) is 7.84. The molecule has 2 saturated heterocycles. The van der Waals surface area contributed by atoms with Gasteiger partial charge in [0.15, 0.2) is 5.82 Å². The fourth-order valence-electron chi connectivity index (χ4n) is 4.12. The van der Waals surface area contributed by atoms with Crippen molar-refractivity contribution in [3.05, 3.63) is 55.1 Å². The largest absolute Gasteiger partial charge is 0.433 e. The van der Waals surface area contributed by atoms with E-state index in [1.165, 1.54) is 18.5 Å². The molecule has 3 aromatic heterocycles. The molecule has 0 saturated carbocycles. The fraction of sp³-hybridized carbons (Fsp3) is 0.286. The minimum absolute atomic E-state index is 0.0626. The van der Waals surface area contributed by atoms with Crippen molar-refractivity contribution >= 4 is 34.3 Å². The van der Waals surface area contributed by atoms with Crippen molar-refractivity contribution in [2.24, 2.45) is 0 Å². The second kappa shape index (κ2) is 7.14. The highest BCUT2D eigenvalue weighted by Gasteiger charge is 2.55. The summed E-state index contributed by atoms with van der Waals surface area (Å²) in [6, 6.07) is 5.85. The molecule has 0 aliphatic carbocycles. The van der Waals surface area contributed by atoms with Gasteiger partial charge in [-0.15, -0.1) is 0 Å². The molecule has 2 aliphatic heterocycles. The molecule has 3 aromatic rings. The van der Waals surface area contributed by atoms with E-state index >= 15 is 0 Å². The van der Waals surface area contributed by atoms with E-state index in [-0.39, 0.29) is 11.4 Å². The van der Waals surface area contributed by atoms with E-state index in [0.29, 0.717) is 41.4 Å². The van der Waals surface area contributed by atoms with Crippen LogP contribution in [0.25, 0.3) is 11.0 Å². The van der Waals surface area contributed by atoms with Crippen molar-refractivity contribution in [3.8, 4) is 0 Å². The lowest BCUT2D eigenvalue weighted by atomic mass is 9.77. The van der Waals surface area contributed by atoms with Crippen LogP contribution in [0.2, 0.25) is 0 Å². The first-order valence-electron chi connectivity index (χ1n) is 9.90. The van der Waals surface area contributed by atoms with Crippen molar-refractivity contribution in [2.45, 2.75) is 18.1 Å². The molecule has 1 amide bonds. The molecule has 32 heavy (non-hydrogen) atoms. The maximum Gasteiger partial charge on any atom is 0.433 e. The number of nitrogens with one attached hydrogen (secondary N) is 1. The minimum atomic E-state index is -4.50. The van der Waals surface area contributed by atoms with Gasteiger partial charge in [0, 0.05) is 19.6 Å². The summed E-state index contributed by atoms with van der Waals surface area (Å²) in [4.78, 5) is 32.5. The average Bonchev–Trinajstić information content (AvgIpc) is 2.72. The molecule has 1 spiro atoms. The van der Waals surface area contributed by atoms with Gasteiger partial charge in [-0.05, 0) is 36.8 Å². The SMILES string of the molecule is C=CC(=O)N1CCC12CN(c1ccc3ncnc(Nc4ccc(C(F)(F)F)nc4)c3n1)C2. The van der Waals surface area contributed by atoms with Crippen LogP contribution in [0.15, 0.2) is 49.4 Å². The highest BCUT2D eigenvalue weighted by Crippen LogP contribution is 2.41. The van der Waals surface area contributed by atoms with Crippen LogP contribution in [-0.4, -0.2) is 55.9 Å². The number of halogens is 3. The quantitative estimate of drug-likeness (QED) is 0.623. The third-order valence-electron chi connectivity index (χ3n) is 5.89. The number of anilines is 3. The maximum atomic E-state index is 12.7. The first kappa shape index (κ1) is 20.2. The number of hydrogen-bond donors (Lipinski definition) is 1. The Balaban J connectivity index is 1.37. The predicted molar refractivity (Wildman–Crippen MR) is 111 cm³/mol. The van der Waals surface area contributed by atoms with Crippen LogP contribution in [0.4, 0.5) is 30.5 Å². The summed E-state index contributed by atoms with van der Waals surface area (Å²) < 4.78 is 38.2. The molecule has 0 radical (unpaired) electrons. The zero-order chi connectivity index (χ0) is 22.5. The van der Waals surface area contributed by atoms with E-state index in [9.17, 15) is 18.0 Å². The first-order valence-corrected chi connectivity index (χ1v) is 9.90.